The number of carbonyl (C=O) groups is 5. The summed E-state index contributed by atoms with van der Waals surface area (Å²) in [5.74, 6) is -2.98. The minimum atomic E-state index is -1.24. The van der Waals surface area contributed by atoms with Crippen molar-refractivity contribution >= 4 is 51.2 Å². The number of nitrogens with one attached hydrogen (secondary N) is 2. The van der Waals surface area contributed by atoms with Crippen molar-refractivity contribution in [2.45, 2.75) is 109 Å². The van der Waals surface area contributed by atoms with Crippen molar-refractivity contribution in [1.29, 1.82) is 0 Å². The predicted octanol–water partition coefficient (Wildman–Crippen LogP) is 2.63. The van der Waals surface area contributed by atoms with Crippen molar-refractivity contribution < 1.29 is 33.8 Å². The fraction of sp³-hybridized carbons (Fsp3) is 0.741. The smallest absolute Gasteiger partial charge is 0.303 e. The Labute approximate surface area is 245 Å². The summed E-state index contributed by atoms with van der Waals surface area (Å²) in [6.07, 6.45) is 4.24. The Bertz CT molecular complexity index is 938. The highest BCUT2D eigenvalue weighted by atomic mass is 33.1. The monoisotopic (exact) mass is 602 g/mol. The lowest BCUT2D eigenvalue weighted by Crippen LogP contribution is -2.60. The van der Waals surface area contributed by atoms with Crippen LogP contribution in [-0.4, -0.2) is 86.5 Å². The van der Waals surface area contributed by atoms with Crippen molar-refractivity contribution in [3.8, 4) is 0 Å². The van der Waals surface area contributed by atoms with Crippen LogP contribution in [-0.2, 0) is 28.7 Å². The summed E-state index contributed by atoms with van der Waals surface area (Å²) in [4.78, 5) is 62.8. The van der Waals surface area contributed by atoms with Crippen molar-refractivity contribution in [1.82, 2.24) is 15.5 Å². The van der Waals surface area contributed by atoms with E-state index >= 15 is 0 Å². The lowest BCUT2D eigenvalue weighted by molar-refractivity contribution is -0.145. The number of ether oxygens (including phenoxy) is 1. The van der Waals surface area contributed by atoms with Crippen molar-refractivity contribution in [2.75, 3.05) is 18.9 Å². The van der Waals surface area contributed by atoms with Gasteiger partial charge in [0.1, 0.15) is 12.1 Å². The number of rotatable bonds is 18. The lowest BCUT2D eigenvalue weighted by Gasteiger charge is -2.35. The number of carbonyl (C=O) groups excluding carboxylic acids is 4. The second-order valence-corrected chi connectivity index (χ2v) is 14.5. The first-order valence-electron chi connectivity index (χ1n) is 13.5. The first-order valence-corrected chi connectivity index (χ1v) is 15.9. The molecule has 0 saturated carbocycles. The average molecular weight is 603 g/mol. The Kier molecular flexibility index (Phi) is 14.2. The highest BCUT2D eigenvalue weighted by Crippen LogP contribution is 2.35. The van der Waals surface area contributed by atoms with E-state index in [9.17, 15) is 24.0 Å². The number of nitrogens with zero attached hydrogens (tertiary/aromatic N) is 1. The molecule has 0 spiro atoms. The Morgan fingerprint density at radius 3 is 2.10 bits per heavy atom. The Morgan fingerprint density at radius 1 is 1.02 bits per heavy atom. The maximum atomic E-state index is 13.5. The van der Waals surface area contributed by atoms with E-state index in [1.165, 1.54) is 10.8 Å². The van der Waals surface area contributed by atoms with Crippen LogP contribution in [0.3, 0.4) is 0 Å². The molecule has 11 nitrogen and oxygen atoms in total. The second kappa shape index (κ2) is 15.8. The molecule has 0 bridgehead atoms. The van der Waals surface area contributed by atoms with Gasteiger partial charge in [-0.15, -0.1) is 0 Å². The number of hydrogen-bond acceptors (Lipinski definition) is 9. The molecule has 4 amide bonds. The van der Waals surface area contributed by atoms with E-state index < -0.39 is 52.8 Å². The summed E-state index contributed by atoms with van der Waals surface area (Å²) < 4.78 is 5.99. The van der Waals surface area contributed by atoms with Gasteiger partial charge >= 0.3 is 5.97 Å². The van der Waals surface area contributed by atoms with Gasteiger partial charge < -0.3 is 26.2 Å². The molecular weight excluding hydrogens is 556 g/mol. The van der Waals surface area contributed by atoms with E-state index in [0.29, 0.717) is 32.3 Å². The van der Waals surface area contributed by atoms with Gasteiger partial charge in [0.05, 0.1) is 5.60 Å². The van der Waals surface area contributed by atoms with Gasteiger partial charge in [-0.2, -0.15) is 0 Å². The second-order valence-electron chi connectivity index (χ2n) is 11.4. The zero-order chi connectivity index (χ0) is 30.7. The van der Waals surface area contributed by atoms with Crippen molar-refractivity contribution in [3.05, 3.63) is 12.2 Å². The minimum Gasteiger partial charge on any atom is -0.481 e. The minimum absolute atomic E-state index is 0.00617. The summed E-state index contributed by atoms with van der Waals surface area (Å²) in [5.41, 5.74) is 4.50. The number of hydrogen-bond donors (Lipinski definition) is 4. The molecule has 1 heterocycles. The Hall–Kier alpha value is -2.09. The van der Waals surface area contributed by atoms with E-state index in [0.717, 1.165) is 17.1 Å². The zero-order valence-electron chi connectivity index (χ0n) is 24.7. The molecule has 0 fully saturated rings. The third-order valence-corrected chi connectivity index (χ3v) is 10.1. The molecule has 4 unspecified atom stereocenters. The highest BCUT2D eigenvalue weighted by molar-refractivity contribution is 8.77. The number of carboxylic acids is 1. The molecule has 1 aliphatic heterocycles. The topological polar surface area (TPSA) is 168 Å². The van der Waals surface area contributed by atoms with Crippen LogP contribution in [0.15, 0.2) is 12.2 Å². The molecule has 1 aliphatic rings. The van der Waals surface area contributed by atoms with Crippen LogP contribution in [0.5, 0.6) is 0 Å². The standard InChI is InChI=1S/C27H46N4O7S2/c1-8-26(6,14-15-38-27(7,9-2)13-12-22(34)35)30-23(36)18(17-39-40-25(3,4)5)29-24(37)19(16-28)31-20(32)10-11-21(31)33/h10-11,18-19H,8-9,12-17,28H2,1-7H3,(H,29,37)(H,30,36)(H,34,35). The third-order valence-electron chi connectivity index (χ3n) is 6.78. The summed E-state index contributed by atoms with van der Waals surface area (Å²) in [6.45, 7) is 13.8. The average Bonchev–Trinajstić information content (AvgIpc) is 3.19. The molecule has 0 saturated heterocycles. The van der Waals surface area contributed by atoms with Crippen LogP contribution in [0, 0.1) is 0 Å². The van der Waals surface area contributed by atoms with Gasteiger partial charge in [0.2, 0.25) is 11.8 Å². The lowest BCUT2D eigenvalue weighted by atomic mass is 9.93. The summed E-state index contributed by atoms with van der Waals surface area (Å²) in [7, 11) is 3.00. The molecule has 1 rings (SSSR count). The molecule has 0 aromatic carbocycles. The van der Waals surface area contributed by atoms with E-state index in [2.05, 4.69) is 10.6 Å². The SMILES string of the molecule is CCC(C)(CCOC(C)(CC)CCC(=O)O)NC(=O)C(CSSC(C)(C)C)NC(=O)C(CN)N1C(=O)C=CC1=O. The summed E-state index contributed by atoms with van der Waals surface area (Å²) in [5, 5.41) is 14.8. The molecule has 13 heteroatoms. The number of imide groups is 1. The first kappa shape index (κ1) is 35.9. The number of carboxylic acid groups (broad SMARTS) is 1. The summed E-state index contributed by atoms with van der Waals surface area (Å²) >= 11 is 0. The van der Waals surface area contributed by atoms with Crippen LogP contribution in [0.4, 0.5) is 0 Å². The first-order chi connectivity index (χ1) is 18.5. The molecular formula is C27H46N4O7S2. The molecule has 0 radical (unpaired) electrons. The van der Waals surface area contributed by atoms with Crippen LogP contribution < -0.4 is 16.4 Å². The van der Waals surface area contributed by atoms with Gasteiger partial charge in [-0.25, -0.2) is 0 Å². The van der Waals surface area contributed by atoms with Crippen LogP contribution >= 0.6 is 21.6 Å². The third kappa shape index (κ3) is 11.8. The molecule has 40 heavy (non-hydrogen) atoms. The number of aliphatic carboxylic acids is 1. The maximum Gasteiger partial charge on any atom is 0.303 e. The summed E-state index contributed by atoms with van der Waals surface area (Å²) in [6, 6.07) is -2.19. The van der Waals surface area contributed by atoms with Crippen molar-refractivity contribution in [3.63, 3.8) is 0 Å². The normalized spacial score (nSPS) is 18.1. The van der Waals surface area contributed by atoms with E-state index in [4.69, 9.17) is 15.6 Å². The highest BCUT2D eigenvalue weighted by Gasteiger charge is 2.37. The van der Waals surface area contributed by atoms with E-state index in [1.807, 2.05) is 48.5 Å². The molecule has 0 aliphatic carbocycles. The van der Waals surface area contributed by atoms with E-state index in [-0.39, 0.29) is 23.5 Å². The largest absolute Gasteiger partial charge is 0.481 e. The van der Waals surface area contributed by atoms with Gasteiger partial charge in [-0.3, -0.25) is 28.9 Å². The van der Waals surface area contributed by atoms with Gasteiger partial charge in [0.25, 0.3) is 11.8 Å². The maximum absolute atomic E-state index is 13.5. The molecule has 5 N–H and O–H groups in total. The van der Waals surface area contributed by atoms with Gasteiger partial charge in [0, 0.05) is 47.8 Å². The van der Waals surface area contributed by atoms with Crippen LogP contribution in [0.25, 0.3) is 0 Å². The number of nitrogens with two attached hydrogens (primary N) is 1. The van der Waals surface area contributed by atoms with Crippen LogP contribution in [0.2, 0.25) is 0 Å². The van der Waals surface area contributed by atoms with Crippen molar-refractivity contribution in [2.24, 2.45) is 5.73 Å². The Morgan fingerprint density at radius 2 is 1.62 bits per heavy atom. The fourth-order valence-electron chi connectivity index (χ4n) is 3.74. The van der Waals surface area contributed by atoms with Gasteiger partial charge in [-0.05, 0) is 39.5 Å². The van der Waals surface area contributed by atoms with E-state index in [1.54, 1.807) is 10.8 Å². The quantitative estimate of drug-likeness (QED) is 0.135. The number of amides is 4. The van der Waals surface area contributed by atoms with Crippen LogP contribution in [0.1, 0.15) is 80.6 Å². The molecule has 0 aromatic rings. The molecule has 0 aromatic heterocycles. The Balaban J connectivity index is 2.98. The van der Waals surface area contributed by atoms with Gasteiger partial charge in [0.15, 0.2) is 0 Å². The fourth-order valence-corrected chi connectivity index (χ4v) is 6.20. The molecule has 228 valence electrons. The zero-order valence-corrected chi connectivity index (χ0v) is 26.3. The molecule has 4 atom stereocenters. The predicted molar refractivity (Wildman–Crippen MR) is 159 cm³/mol. The van der Waals surface area contributed by atoms with Gasteiger partial charge in [-0.1, -0.05) is 56.2 Å².